The van der Waals surface area contributed by atoms with E-state index in [1.807, 2.05) is 6.20 Å². The molecule has 3 aliphatic rings. The number of benzene rings is 1. The average Bonchev–Trinajstić information content (AvgIpc) is 2.80. The number of carbonyl (C=O) groups excluding carboxylic acids is 2. The topological polar surface area (TPSA) is 65.5 Å². The lowest BCUT2D eigenvalue weighted by atomic mass is 9.86. The quantitative estimate of drug-likeness (QED) is 0.794. The first-order valence-corrected chi connectivity index (χ1v) is 11.9. The molecule has 164 valence electrons. The van der Waals surface area contributed by atoms with E-state index in [0.29, 0.717) is 18.9 Å². The highest BCUT2D eigenvalue weighted by Crippen LogP contribution is 2.34. The zero-order chi connectivity index (χ0) is 21.2. The number of likely N-dealkylation sites (tertiary alicyclic amines) is 1. The van der Waals surface area contributed by atoms with Gasteiger partial charge in [0.1, 0.15) is 0 Å². The SMILES string of the molecule is O=C1CCN(c2cncc3cc(C4CCN(CC5CCCCC5)CC4)ccc23)C(=O)N1. The Kier molecular flexibility index (Phi) is 5.90. The maximum Gasteiger partial charge on any atom is 0.328 e. The molecule has 1 N–H and O–H groups in total. The Balaban J connectivity index is 1.27. The maximum absolute atomic E-state index is 12.3. The number of nitrogens with one attached hydrogen (secondary N) is 1. The first-order chi connectivity index (χ1) is 15.2. The van der Waals surface area contributed by atoms with E-state index in [0.717, 1.165) is 22.4 Å². The number of hydrogen-bond donors (Lipinski definition) is 1. The molecule has 6 nitrogen and oxygen atoms in total. The van der Waals surface area contributed by atoms with E-state index in [2.05, 4.69) is 33.4 Å². The molecule has 0 unspecified atom stereocenters. The van der Waals surface area contributed by atoms with Gasteiger partial charge in [0.15, 0.2) is 0 Å². The van der Waals surface area contributed by atoms with Crippen LogP contribution in [0, 0.1) is 5.92 Å². The van der Waals surface area contributed by atoms with Crippen LogP contribution in [-0.2, 0) is 4.79 Å². The van der Waals surface area contributed by atoms with Crippen molar-refractivity contribution in [3.05, 3.63) is 36.2 Å². The molecule has 5 rings (SSSR count). The number of urea groups is 1. The van der Waals surface area contributed by atoms with Crippen molar-refractivity contribution in [2.75, 3.05) is 31.1 Å². The van der Waals surface area contributed by atoms with Crippen LogP contribution in [0.25, 0.3) is 10.8 Å². The van der Waals surface area contributed by atoms with Crippen LogP contribution in [0.5, 0.6) is 0 Å². The van der Waals surface area contributed by atoms with E-state index in [1.54, 1.807) is 11.1 Å². The Hall–Kier alpha value is -2.47. The van der Waals surface area contributed by atoms with Crippen molar-refractivity contribution in [1.29, 1.82) is 0 Å². The third-order valence-corrected chi connectivity index (χ3v) is 7.41. The summed E-state index contributed by atoms with van der Waals surface area (Å²) in [5.41, 5.74) is 2.15. The lowest BCUT2D eigenvalue weighted by Crippen LogP contribution is -2.49. The summed E-state index contributed by atoms with van der Waals surface area (Å²) in [6.45, 7) is 4.07. The fourth-order valence-electron chi connectivity index (χ4n) is 5.63. The van der Waals surface area contributed by atoms with Crippen LogP contribution < -0.4 is 10.2 Å². The highest BCUT2D eigenvalue weighted by Gasteiger charge is 2.27. The third-order valence-electron chi connectivity index (χ3n) is 7.41. The molecule has 0 spiro atoms. The van der Waals surface area contributed by atoms with Crippen molar-refractivity contribution >= 4 is 28.4 Å². The molecule has 3 fully saturated rings. The number of amides is 3. The zero-order valence-corrected chi connectivity index (χ0v) is 18.2. The van der Waals surface area contributed by atoms with Gasteiger partial charge in [-0.15, -0.1) is 0 Å². The van der Waals surface area contributed by atoms with Gasteiger partial charge >= 0.3 is 6.03 Å². The molecule has 0 atom stereocenters. The molecule has 1 saturated carbocycles. The first kappa shape index (κ1) is 20.4. The van der Waals surface area contributed by atoms with Gasteiger partial charge in [0.25, 0.3) is 0 Å². The van der Waals surface area contributed by atoms with Crippen molar-refractivity contribution in [1.82, 2.24) is 15.2 Å². The zero-order valence-electron chi connectivity index (χ0n) is 18.2. The lowest BCUT2D eigenvalue weighted by Gasteiger charge is -2.35. The van der Waals surface area contributed by atoms with Gasteiger partial charge < -0.3 is 4.90 Å². The van der Waals surface area contributed by atoms with Gasteiger partial charge in [-0.3, -0.25) is 20.0 Å². The molecule has 6 heteroatoms. The van der Waals surface area contributed by atoms with Gasteiger partial charge in [0.05, 0.1) is 11.9 Å². The minimum Gasteiger partial charge on any atom is -0.303 e. The Morgan fingerprint density at radius 1 is 0.968 bits per heavy atom. The van der Waals surface area contributed by atoms with Crippen LogP contribution in [0.1, 0.15) is 62.8 Å². The molecule has 2 saturated heterocycles. The molecule has 2 aromatic rings. The standard InChI is InChI=1S/C25H32N4O2/c30-24-10-13-29(25(31)27-24)23-16-26-15-21-14-20(6-7-22(21)23)19-8-11-28(12-9-19)17-18-4-2-1-3-5-18/h6-7,14-16,18-19H,1-5,8-13,17H2,(H,27,30,31). The van der Waals surface area contributed by atoms with Crippen molar-refractivity contribution in [3.8, 4) is 0 Å². The summed E-state index contributed by atoms with van der Waals surface area (Å²) in [4.78, 5) is 32.5. The van der Waals surface area contributed by atoms with Gasteiger partial charge in [0, 0.05) is 36.5 Å². The van der Waals surface area contributed by atoms with Crippen molar-refractivity contribution in [2.24, 2.45) is 5.92 Å². The third kappa shape index (κ3) is 4.45. The molecule has 2 aliphatic heterocycles. The normalized spacial score (nSPS) is 22.1. The van der Waals surface area contributed by atoms with E-state index in [9.17, 15) is 9.59 Å². The minimum atomic E-state index is -0.361. The van der Waals surface area contributed by atoms with E-state index >= 15 is 0 Å². The van der Waals surface area contributed by atoms with Crippen LogP contribution in [-0.4, -0.2) is 48.0 Å². The van der Waals surface area contributed by atoms with Crippen LogP contribution in [0.15, 0.2) is 30.6 Å². The van der Waals surface area contributed by atoms with E-state index in [4.69, 9.17) is 0 Å². The largest absolute Gasteiger partial charge is 0.328 e. The summed E-state index contributed by atoms with van der Waals surface area (Å²) in [5, 5.41) is 4.48. The second kappa shape index (κ2) is 8.95. The number of aromatic nitrogens is 1. The van der Waals surface area contributed by atoms with Crippen molar-refractivity contribution in [2.45, 2.75) is 57.3 Å². The summed E-state index contributed by atoms with van der Waals surface area (Å²) in [6, 6.07) is 6.24. The summed E-state index contributed by atoms with van der Waals surface area (Å²) in [6.07, 6.45) is 13.5. The number of rotatable bonds is 4. The number of fused-ring (bicyclic) bond motifs is 1. The van der Waals surface area contributed by atoms with Crippen LogP contribution >= 0.6 is 0 Å². The second-order valence-electron chi connectivity index (χ2n) is 9.47. The summed E-state index contributed by atoms with van der Waals surface area (Å²) >= 11 is 0. The lowest BCUT2D eigenvalue weighted by molar-refractivity contribution is -0.120. The highest BCUT2D eigenvalue weighted by atomic mass is 16.2. The predicted molar refractivity (Wildman–Crippen MR) is 122 cm³/mol. The summed E-state index contributed by atoms with van der Waals surface area (Å²) < 4.78 is 0. The molecule has 3 amide bonds. The van der Waals surface area contributed by atoms with Gasteiger partial charge in [-0.2, -0.15) is 0 Å². The fraction of sp³-hybridized carbons (Fsp3) is 0.560. The second-order valence-corrected chi connectivity index (χ2v) is 9.47. The maximum atomic E-state index is 12.3. The molecule has 1 aliphatic carbocycles. The number of hydrogen-bond acceptors (Lipinski definition) is 4. The van der Waals surface area contributed by atoms with E-state index in [-0.39, 0.29) is 11.9 Å². The monoisotopic (exact) mass is 420 g/mol. The van der Waals surface area contributed by atoms with E-state index < -0.39 is 0 Å². The van der Waals surface area contributed by atoms with Gasteiger partial charge in [-0.25, -0.2) is 4.79 Å². The number of nitrogens with zero attached hydrogens (tertiary/aromatic N) is 3. The Bertz CT molecular complexity index is 961. The Morgan fingerprint density at radius 2 is 1.77 bits per heavy atom. The summed E-state index contributed by atoms with van der Waals surface area (Å²) in [7, 11) is 0. The molecule has 3 heterocycles. The molecule has 31 heavy (non-hydrogen) atoms. The number of anilines is 1. The van der Waals surface area contributed by atoms with Crippen LogP contribution in [0.4, 0.5) is 10.5 Å². The Morgan fingerprint density at radius 3 is 2.55 bits per heavy atom. The van der Waals surface area contributed by atoms with Gasteiger partial charge in [-0.05, 0) is 62.2 Å². The Labute approximate surface area is 184 Å². The molecular formula is C25H32N4O2. The minimum absolute atomic E-state index is 0.216. The smallest absolute Gasteiger partial charge is 0.303 e. The van der Waals surface area contributed by atoms with Gasteiger partial charge in [0.2, 0.25) is 5.91 Å². The van der Waals surface area contributed by atoms with E-state index in [1.165, 1.54) is 70.1 Å². The number of pyridine rings is 1. The van der Waals surface area contributed by atoms with Crippen LogP contribution in [0.3, 0.4) is 0 Å². The number of piperidine rings is 1. The molecular weight excluding hydrogens is 388 g/mol. The molecule has 0 bridgehead atoms. The fourth-order valence-corrected chi connectivity index (χ4v) is 5.63. The summed E-state index contributed by atoms with van der Waals surface area (Å²) in [5.74, 6) is 1.29. The van der Waals surface area contributed by atoms with Crippen molar-refractivity contribution < 1.29 is 9.59 Å². The molecule has 0 radical (unpaired) electrons. The highest BCUT2D eigenvalue weighted by molar-refractivity contribution is 6.09. The van der Waals surface area contributed by atoms with Crippen molar-refractivity contribution in [3.63, 3.8) is 0 Å². The first-order valence-electron chi connectivity index (χ1n) is 11.9. The van der Waals surface area contributed by atoms with Crippen LogP contribution in [0.2, 0.25) is 0 Å². The number of imide groups is 1. The molecule has 1 aromatic heterocycles. The molecule has 1 aromatic carbocycles. The van der Waals surface area contributed by atoms with Gasteiger partial charge in [-0.1, -0.05) is 31.4 Å². The average molecular weight is 421 g/mol. The predicted octanol–water partition coefficient (Wildman–Crippen LogP) is 4.44. The number of carbonyl (C=O) groups is 2.